The molecule has 0 saturated carbocycles. The zero-order valence-corrected chi connectivity index (χ0v) is 13.0. The summed E-state index contributed by atoms with van der Waals surface area (Å²) < 4.78 is 5.94. The zero-order valence-electron chi connectivity index (χ0n) is 11.4. The standard InChI is InChI=1S/C15H18BrNO3/c1-3-8-17(9-10-20-2)13-6-4-12(14(16)11-13)5-7-15(18)19/h3-7,11H,1,8-10H2,2H3,(H,18,19)/b7-5+. The van der Waals surface area contributed by atoms with Crippen LogP contribution in [-0.4, -0.2) is 37.9 Å². The van der Waals surface area contributed by atoms with E-state index < -0.39 is 5.97 Å². The first kappa shape index (κ1) is 16.5. The second-order valence-electron chi connectivity index (χ2n) is 4.10. The van der Waals surface area contributed by atoms with Crippen molar-refractivity contribution in [2.45, 2.75) is 0 Å². The lowest BCUT2D eigenvalue weighted by molar-refractivity contribution is -0.131. The van der Waals surface area contributed by atoms with E-state index in [-0.39, 0.29) is 0 Å². The molecule has 1 N–H and O–H groups in total. The Labute approximate surface area is 127 Å². The highest BCUT2D eigenvalue weighted by Crippen LogP contribution is 2.25. The van der Waals surface area contributed by atoms with Gasteiger partial charge in [0, 0.05) is 36.4 Å². The first-order chi connectivity index (χ1) is 9.58. The highest BCUT2D eigenvalue weighted by atomic mass is 79.9. The Morgan fingerprint density at radius 2 is 2.30 bits per heavy atom. The number of anilines is 1. The third-order valence-corrected chi connectivity index (χ3v) is 3.36. The Balaban J connectivity index is 2.92. The van der Waals surface area contributed by atoms with Crippen molar-refractivity contribution in [1.82, 2.24) is 0 Å². The average Bonchev–Trinajstić information content (AvgIpc) is 2.42. The molecule has 5 heteroatoms. The van der Waals surface area contributed by atoms with E-state index in [1.807, 2.05) is 24.3 Å². The molecule has 0 radical (unpaired) electrons. The maximum absolute atomic E-state index is 10.5. The van der Waals surface area contributed by atoms with Gasteiger partial charge in [-0.25, -0.2) is 4.79 Å². The van der Waals surface area contributed by atoms with E-state index >= 15 is 0 Å². The number of carboxylic acid groups (broad SMARTS) is 1. The van der Waals surface area contributed by atoms with Gasteiger partial charge in [-0.05, 0) is 23.8 Å². The van der Waals surface area contributed by atoms with Gasteiger partial charge in [-0.3, -0.25) is 0 Å². The molecule has 108 valence electrons. The first-order valence-corrected chi connectivity index (χ1v) is 6.93. The lowest BCUT2D eigenvalue weighted by Gasteiger charge is -2.23. The van der Waals surface area contributed by atoms with Crippen molar-refractivity contribution < 1.29 is 14.6 Å². The Morgan fingerprint density at radius 1 is 1.55 bits per heavy atom. The number of methoxy groups -OCH3 is 1. The van der Waals surface area contributed by atoms with Crippen molar-refractivity contribution in [3.05, 3.63) is 47.0 Å². The summed E-state index contributed by atoms with van der Waals surface area (Å²) in [5.41, 5.74) is 1.85. The molecule has 0 bridgehead atoms. The molecule has 1 rings (SSSR count). The summed E-state index contributed by atoms with van der Waals surface area (Å²) in [7, 11) is 1.67. The van der Waals surface area contributed by atoms with Gasteiger partial charge in [-0.1, -0.05) is 28.1 Å². The van der Waals surface area contributed by atoms with Crippen LogP contribution in [0.2, 0.25) is 0 Å². The second-order valence-corrected chi connectivity index (χ2v) is 4.96. The van der Waals surface area contributed by atoms with Crippen LogP contribution in [0.25, 0.3) is 6.08 Å². The summed E-state index contributed by atoms with van der Waals surface area (Å²) in [6.45, 7) is 5.87. The van der Waals surface area contributed by atoms with Gasteiger partial charge in [-0.15, -0.1) is 6.58 Å². The maximum Gasteiger partial charge on any atom is 0.328 e. The van der Waals surface area contributed by atoms with E-state index in [9.17, 15) is 4.79 Å². The Kier molecular flexibility index (Phi) is 7.04. The number of carboxylic acids is 1. The summed E-state index contributed by atoms with van der Waals surface area (Å²) in [5.74, 6) is -0.964. The summed E-state index contributed by atoms with van der Waals surface area (Å²) in [5, 5.41) is 8.64. The zero-order chi connectivity index (χ0) is 15.0. The molecule has 1 aromatic rings. The smallest absolute Gasteiger partial charge is 0.328 e. The number of aliphatic carboxylic acids is 1. The minimum Gasteiger partial charge on any atom is -0.478 e. The van der Waals surface area contributed by atoms with Crippen LogP contribution < -0.4 is 4.90 Å². The molecule has 4 nitrogen and oxygen atoms in total. The fourth-order valence-electron chi connectivity index (χ4n) is 1.69. The molecule has 0 fully saturated rings. The van der Waals surface area contributed by atoms with Crippen molar-refractivity contribution in [3.8, 4) is 0 Å². The van der Waals surface area contributed by atoms with E-state index in [4.69, 9.17) is 9.84 Å². The Bertz CT molecular complexity index is 500. The SMILES string of the molecule is C=CCN(CCOC)c1ccc(/C=C/C(=O)O)c(Br)c1. The fourth-order valence-corrected chi connectivity index (χ4v) is 2.19. The number of carbonyl (C=O) groups is 1. The van der Waals surface area contributed by atoms with Crippen molar-refractivity contribution in [2.24, 2.45) is 0 Å². The molecule has 20 heavy (non-hydrogen) atoms. The summed E-state index contributed by atoms with van der Waals surface area (Å²) >= 11 is 3.46. The molecule has 0 saturated heterocycles. The number of hydrogen-bond acceptors (Lipinski definition) is 3. The topological polar surface area (TPSA) is 49.8 Å². The summed E-state index contributed by atoms with van der Waals surface area (Å²) in [6.07, 6.45) is 4.51. The first-order valence-electron chi connectivity index (χ1n) is 6.13. The van der Waals surface area contributed by atoms with E-state index in [0.29, 0.717) is 6.61 Å². The molecule has 0 aliphatic heterocycles. The minimum absolute atomic E-state index is 0.631. The van der Waals surface area contributed by atoms with Crippen LogP contribution in [0.15, 0.2) is 41.4 Å². The molecule has 0 aromatic heterocycles. The number of nitrogens with zero attached hydrogens (tertiary/aromatic N) is 1. The molecule has 0 heterocycles. The van der Waals surface area contributed by atoms with Crippen LogP contribution >= 0.6 is 15.9 Å². The minimum atomic E-state index is -0.964. The maximum atomic E-state index is 10.5. The summed E-state index contributed by atoms with van der Waals surface area (Å²) in [6, 6.07) is 5.79. The monoisotopic (exact) mass is 339 g/mol. The lowest BCUT2D eigenvalue weighted by Crippen LogP contribution is -2.27. The lowest BCUT2D eigenvalue weighted by atomic mass is 10.1. The normalized spacial score (nSPS) is 10.7. The van der Waals surface area contributed by atoms with Gasteiger partial charge in [0.15, 0.2) is 0 Å². The van der Waals surface area contributed by atoms with E-state index in [2.05, 4.69) is 27.4 Å². The van der Waals surface area contributed by atoms with Crippen LogP contribution in [0.3, 0.4) is 0 Å². The molecule has 0 unspecified atom stereocenters. The predicted molar refractivity (Wildman–Crippen MR) is 85.1 cm³/mol. The van der Waals surface area contributed by atoms with Crippen LogP contribution in [0, 0.1) is 0 Å². The van der Waals surface area contributed by atoms with Crippen LogP contribution in [0.5, 0.6) is 0 Å². The molecule has 0 amide bonds. The van der Waals surface area contributed by atoms with Crippen LogP contribution in [0.1, 0.15) is 5.56 Å². The highest BCUT2D eigenvalue weighted by Gasteiger charge is 2.07. The number of hydrogen-bond donors (Lipinski definition) is 1. The summed E-state index contributed by atoms with van der Waals surface area (Å²) in [4.78, 5) is 12.7. The van der Waals surface area contributed by atoms with Crippen LogP contribution in [0.4, 0.5) is 5.69 Å². The number of rotatable bonds is 8. The number of benzene rings is 1. The Morgan fingerprint density at radius 3 is 2.85 bits per heavy atom. The number of ether oxygens (including phenoxy) is 1. The number of halogens is 1. The molecule has 0 aliphatic rings. The van der Waals surface area contributed by atoms with Gasteiger partial charge in [0.2, 0.25) is 0 Å². The third-order valence-electron chi connectivity index (χ3n) is 2.67. The molecule has 1 aromatic carbocycles. The largest absolute Gasteiger partial charge is 0.478 e. The quantitative estimate of drug-likeness (QED) is 0.583. The van der Waals surface area contributed by atoms with Crippen molar-refractivity contribution >= 4 is 33.7 Å². The highest BCUT2D eigenvalue weighted by molar-refractivity contribution is 9.10. The van der Waals surface area contributed by atoms with E-state index in [1.165, 1.54) is 0 Å². The second kappa shape index (κ2) is 8.55. The van der Waals surface area contributed by atoms with Gasteiger partial charge in [0.25, 0.3) is 0 Å². The van der Waals surface area contributed by atoms with Crippen LogP contribution in [-0.2, 0) is 9.53 Å². The van der Waals surface area contributed by atoms with Gasteiger partial charge in [0.1, 0.15) is 0 Å². The van der Waals surface area contributed by atoms with Gasteiger partial charge >= 0.3 is 5.97 Å². The molecule has 0 aliphatic carbocycles. The van der Waals surface area contributed by atoms with E-state index in [1.54, 1.807) is 13.2 Å². The van der Waals surface area contributed by atoms with Crippen molar-refractivity contribution in [2.75, 3.05) is 31.7 Å². The van der Waals surface area contributed by atoms with Crippen molar-refractivity contribution in [1.29, 1.82) is 0 Å². The fraction of sp³-hybridized carbons (Fsp3) is 0.267. The van der Waals surface area contributed by atoms with Gasteiger partial charge in [-0.2, -0.15) is 0 Å². The molecular formula is C15H18BrNO3. The van der Waals surface area contributed by atoms with E-state index in [0.717, 1.165) is 34.9 Å². The van der Waals surface area contributed by atoms with Gasteiger partial charge in [0.05, 0.1) is 6.61 Å². The van der Waals surface area contributed by atoms with Crippen molar-refractivity contribution in [3.63, 3.8) is 0 Å². The Hall–Kier alpha value is -1.59. The molecule has 0 atom stereocenters. The molecular weight excluding hydrogens is 322 g/mol. The average molecular weight is 340 g/mol. The predicted octanol–water partition coefficient (Wildman–Crippen LogP) is 3.19. The third kappa shape index (κ3) is 5.19. The molecule has 0 spiro atoms. The van der Waals surface area contributed by atoms with Gasteiger partial charge < -0.3 is 14.7 Å².